The van der Waals surface area contributed by atoms with Crippen molar-refractivity contribution in [2.24, 2.45) is 7.05 Å². The van der Waals surface area contributed by atoms with Gasteiger partial charge < -0.3 is 4.57 Å². The molecule has 0 fully saturated rings. The monoisotopic (exact) mass is 227 g/mol. The maximum Gasteiger partial charge on any atom is 0.274 e. The molecule has 2 rings (SSSR count). The molecule has 0 N–H and O–H groups in total. The number of aryl methyl sites for hydroxylation is 1. The van der Waals surface area contributed by atoms with E-state index in [2.05, 4.69) is 21.0 Å². The molecule has 0 aliphatic rings. The zero-order chi connectivity index (χ0) is 8.72. The number of fused-ring (bicyclic) bond motifs is 1. The van der Waals surface area contributed by atoms with E-state index in [1.165, 1.54) is 10.6 Å². The van der Waals surface area contributed by atoms with Crippen molar-refractivity contribution in [2.45, 2.75) is 0 Å². The van der Waals surface area contributed by atoms with Crippen molar-refractivity contribution >= 4 is 21.6 Å². The zero-order valence-electron chi connectivity index (χ0n) is 6.36. The van der Waals surface area contributed by atoms with Gasteiger partial charge in [-0.2, -0.15) is 9.61 Å². The molecule has 62 valence electrons. The van der Waals surface area contributed by atoms with Gasteiger partial charge in [-0.15, -0.1) is 0 Å². The Kier molecular flexibility index (Phi) is 1.54. The highest BCUT2D eigenvalue weighted by molar-refractivity contribution is 9.10. The summed E-state index contributed by atoms with van der Waals surface area (Å²) in [6, 6.07) is 1.48. The number of rotatable bonds is 0. The summed E-state index contributed by atoms with van der Waals surface area (Å²) >= 11 is 3.31. The molecule has 0 saturated carbocycles. The molecule has 0 aliphatic heterocycles. The first-order valence-electron chi connectivity index (χ1n) is 3.39. The SMILES string of the molecule is Cn1ccc(=O)n2ncc(Br)c12. The smallest absolute Gasteiger partial charge is 0.274 e. The van der Waals surface area contributed by atoms with E-state index < -0.39 is 0 Å². The Labute approximate surface area is 76.6 Å². The number of hydrogen-bond donors (Lipinski definition) is 0. The highest BCUT2D eigenvalue weighted by Gasteiger charge is 2.04. The summed E-state index contributed by atoms with van der Waals surface area (Å²) < 4.78 is 4.01. The van der Waals surface area contributed by atoms with Crippen LogP contribution in [0.2, 0.25) is 0 Å². The molecule has 2 aromatic heterocycles. The summed E-state index contributed by atoms with van der Waals surface area (Å²) in [5, 5.41) is 3.92. The van der Waals surface area contributed by atoms with E-state index in [1.54, 1.807) is 12.4 Å². The Bertz CT molecular complexity index is 485. The predicted molar refractivity (Wildman–Crippen MR) is 48.1 cm³/mol. The predicted octanol–water partition coefficient (Wildman–Crippen LogP) is 0.795. The van der Waals surface area contributed by atoms with Crippen LogP contribution in [0.5, 0.6) is 0 Å². The highest BCUT2D eigenvalue weighted by Crippen LogP contribution is 2.13. The molecular weight excluding hydrogens is 222 g/mol. The third-order valence-electron chi connectivity index (χ3n) is 1.68. The van der Waals surface area contributed by atoms with Gasteiger partial charge in [0.2, 0.25) is 0 Å². The molecule has 0 aromatic carbocycles. The first-order chi connectivity index (χ1) is 5.70. The minimum atomic E-state index is -0.117. The second-order valence-corrected chi connectivity index (χ2v) is 3.35. The summed E-state index contributed by atoms with van der Waals surface area (Å²) in [6.45, 7) is 0. The molecule has 0 bridgehead atoms. The maximum atomic E-state index is 11.2. The third-order valence-corrected chi connectivity index (χ3v) is 2.24. The molecule has 0 atom stereocenters. The van der Waals surface area contributed by atoms with E-state index in [0.29, 0.717) is 0 Å². The number of halogens is 1. The topological polar surface area (TPSA) is 39.3 Å². The Balaban J connectivity index is 3.09. The molecule has 0 unspecified atom stereocenters. The van der Waals surface area contributed by atoms with E-state index >= 15 is 0 Å². The van der Waals surface area contributed by atoms with Gasteiger partial charge in [0.1, 0.15) is 0 Å². The van der Waals surface area contributed by atoms with Crippen LogP contribution in [0.3, 0.4) is 0 Å². The second kappa shape index (κ2) is 2.45. The van der Waals surface area contributed by atoms with Crippen LogP contribution in [-0.2, 0) is 7.05 Å². The van der Waals surface area contributed by atoms with Crippen LogP contribution in [0.25, 0.3) is 5.65 Å². The highest BCUT2D eigenvalue weighted by atomic mass is 79.9. The average molecular weight is 228 g/mol. The van der Waals surface area contributed by atoms with Crippen molar-refractivity contribution in [3.8, 4) is 0 Å². The van der Waals surface area contributed by atoms with Gasteiger partial charge in [0, 0.05) is 19.3 Å². The molecule has 0 saturated heterocycles. The summed E-state index contributed by atoms with van der Waals surface area (Å²) in [4.78, 5) is 11.2. The zero-order valence-corrected chi connectivity index (χ0v) is 7.95. The van der Waals surface area contributed by atoms with Crippen LogP contribution in [0.4, 0.5) is 0 Å². The van der Waals surface area contributed by atoms with Crippen LogP contribution in [0.1, 0.15) is 0 Å². The van der Waals surface area contributed by atoms with E-state index in [9.17, 15) is 4.79 Å². The minimum absolute atomic E-state index is 0.117. The summed E-state index contributed by atoms with van der Waals surface area (Å²) in [5.41, 5.74) is 0.649. The quantitative estimate of drug-likeness (QED) is 0.668. The van der Waals surface area contributed by atoms with Crippen molar-refractivity contribution in [1.82, 2.24) is 14.2 Å². The van der Waals surface area contributed by atoms with E-state index in [0.717, 1.165) is 10.1 Å². The normalized spacial score (nSPS) is 10.8. The Hall–Kier alpha value is -1.10. The number of aromatic nitrogens is 3. The van der Waals surface area contributed by atoms with Crippen molar-refractivity contribution in [3.05, 3.63) is 33.3 Å². The molecule has 0 spiro atoms. The number of nitrogens with zero attached hydrogens (tertiary/aromatic N) is 3. The Morgan fingerprint density at radius 1 is 1.58 bits per heavy atom. The van der Waals surface area contributed by atoms with E-state index in [-0.39, 0.29) is 5.56 Å². The third kappa shape index (κ3) is 0.896. The van der Waals surface area contributed by atoms with Gasteiger partial charge in [0.05, 0.1) is 10.7 Å². The van der Waals surface area contributed by atoms with Crippen molar-refractivity contribution in [1.29, 1.82) is 0 Å². The molecule has 2 aromatic rings. The van der Waals surface area contributed by atoms with Crippen LogP contribution in [0, 0.1) is 0 Å². The molecule has 0 radical (unpaired) electrons. The Morgan fingerprint density at radius 3 is 3.00 bits per heavy atom. The van der Waals surface area contributed by atoms with Crippen LogP contribution in [0.15, 0.2) is 27.7 Å². The van der Waals surface area contributed by atoms with Gasteiger partial charge >= 0.3 is 0 Å². The van der Waals surface area contributed by atoms with Crippen LogP contribution in [-0.4, -0.2) is 14.2 Å². The summed E-state index contributed by atoms with van der Waals surface area (Å²) in [6.07, 6.45) is 3.32. The first kappa shape index (κ1) is 7.54. The number of hydrogen-bond acceptors (Lipinski definition) is 2. The van der Waals surface area contributed by atoms with Crippen LogP contribution < -0.4 is 5.56 Å². The lowest BCUT2D eigenvalue weighted by Gasteiger charge is -1.99. The van der Waals surface area contributed by atoms with Gasteiger partial charge in [-0.05, 0) is 15.9 Å². The standard InChI is InChI=1S/C7H6BrN3O/c1-10-3-2-6(12)11-7(10)5(8)4-9-11/h2-4H,1H3. The molecule has 0 aliphatic carbocycles. The lowest BCUT2D eigenvalue weighted by Crippen LogP contribution is -2.15. The van der Waals surface area contributed by atoms with Gasteiger partial charge in [0.15, 0.2) is 5.65 Å². The van der Waals surface area contributed by atoms with Gasteiger partial charge in [-0.1, -0.05) is 0 Å². The maximum absolute atomic E-state index is 11.2. The molecular formula is C7H6BrN3O. The van der Waals surface area contributed by atoms with Crippen LogP contribution >= 0.6 is 15.9 Å². The van der Waals surface area contributed by atoms with E-state index in [4.69, 9.17) is 0 Å². The lowest BCUT2D eigenvalue weighted by atomic mass is 10.6. The van der Waals surface area contributed by atoms with Gasteiger partial charge in [0.25, 0.3) is 5.56 Å². The first-order valence-corrected chi connectivity index (χ1v) is 4.18. The van der Waals surface area contributed by atoms with Crippen molar-refractivity contribution < 1.29 is 0 Å². The fraction of sp³-hybridized carbons (Fsp3) is 0.143. The Morgan fingerprint density at radius 2 is 2.33 bits per heavy atom. The minimum Gasteiger partial charge on any atom is -0.335 e. The summed E-state index contributed by atoms with van der Waals surface area (Å²) in [7, 11) is 1.86. The average Bonchev–Trinajstić information content (AvgIpc) is 2.42. The second-order valence-electron chi connectivity index (χ2n) is 2.49. The summed E-state index contributed by atoms with van der Waals surface area (Å²) in [5.74, 6) is 0. The molecule has 4 nitrogen and oxygen atoms in total. The molecule has 0 amide bonds. The lowest BCUT2D eigenvalue weighted by molar-refractivity contribution is 0.823. The fourth-order valence-corrected chi connectivity index (χ4v) is 1.66. The fourth-order valence-electron chi connectivity index (χ4n) is 1.12. The largest absolute Gasteiger partial charge is 0.335 e. The van der Waals surface area contributed by atoms with Gasteiger partial charge in [-0.3, -0.25) is 4.79 Å². The van der Waals surface area contributed by atoms with E-state index in [1.807, 2.05) is 11.6 Å². The van der Waals surface area contributed by atoms with Gasteiger partial charge in [-0.25, -0.2) is 0 Å². The molecule has 5 heteroatoms. The van der Waals surface area contributed by atoms with Crippen molar-refractivity contribution in [3.63, 3.8) is 0 Å². The van der Waals surface area contributed by atoms with Crippen molar-refractivity contribution in [2.75, 3.05) is 0 Å². The molecule has 2 heterocycles. The molecule has 12 heavy (non-hydrogen) atoms.